The van der Waals surface area contributed by atoms with E-state index < -0.39 is 23.5 Å². The average molecular weight is 253 g/mol. The van der Waals surface area contributed by atoms with Gasteiger partial charge >= 0.3 is 12.1 Å². The molecular formula is C11H11NO4S. The minimum absolute atomic E-state index is 0.279. The molecule has 5 nitrogen and oxygen atoms in total. The van der Waals surface area contributed by atoms with Gasteiger partial charge in [-0.3, -0.25) is 4.90 Å². The van der Waals surface area contributed by atoms with Crippen molar-refractivity contribution in [2.75, 3.05) is 5.75 Å². The predicted octanol–water partition coefficient (Wildman–Crippen LogP) is 1.87. The summed E-state index contributed by atoms with van der Waals surface area (Å²) in [7, 11) is 0. The first-order chi connectivity index (χ1) is 8.11. The summed E-state index contributed by atoms with van der Waals surface area (Å²) in [4.78, 5) is 23.1. The zero-order chi connectivity index (χ0) is 12.4. The van der Waals surface area contributed by atoms with Crippen LogP contribution in [0.2, 0.25) is 0 Å². The number of hydrogen-bond donors (Lipinski definition) is 2. The Morgan fingerprint density at radius 2 is 1.88 bits per heavy atom. The number of thioether (sulfide) groups is 1. The Hall–Kier alpha value is -1.69. The minimum atomic E-state index is -1.20. The van der Waals surface area contributed by atoms with Crippen LogP contribution in [0.1, 0.15) is 10.9 Å². The number of nitrogens with zero attached hydrogens (tertiary/aromatic N) is 1. The molecule has 1 aromatic rings. The third kappa shape index (κ3) is 2.21. The van der Waals surface area contributed by atoms with Crippen LogP contribution < -0.4 is 0 Å². The van der Waals surface area contributed by atoms with E-state index in [9.17, 15) is 9.59 Å². The second-order valence-electron chi connectivity index (χ2n) is 3.64. The van der Waals surface area contributed by atoms with E-state index in [1.165, 1.54) is 11.8 Å². The Kier molecular flexibility index (Phi) is 3.23. The molecule has 6 heteroatoms. The van der Waals surface area contributed by atoms with Crippen molar-refractivity contribution in [3.8, 4) is 0 Å². The maximum Gasteiger partial charge on any atom is 0.409 e. The summed E-state index contributed by atoms with van der Waals surface area (Å²) in [6, 6.07) is 8.09. The minimum Gasteiger partial charge on any atom is -0.480 e. The first-order valence-corrected chi connectivity index (χ1v) is 6.06. The van der Waals surface area contributed by atoms with Crippen LogP contribution >= 0.6 is 11.8 Å². The standard InChI is InChI=1S/C11H11NO4S/c13-10(14)8-6-17-9(12(8)11(15)16)7-4-2-1-3-5-7/h1-5,8-9H,6H2,(H,13,14)(H,15,16)/t8?,9-/m1/s1. The van der Waals surface area contributed by atoms with Gasteiger partial charge in [0.05, 0.1) is 0 Å². The van der Waals surface area contributed by atoms with Gasteiger partial charge in [-0.2, -0.15) is 0 Å². The van der Waals surface area contributed by atoms with Crippen LogP contribution in [-0.4, -0.2) is 39.0 Å². The normalized spacial score (nSPS) is 23.6. The zero-order valence-corrected chi connectivity index (χ0v) is 9.63. The Morgan fingerprint density at radius 1 is 1.24 bits per heavy atom. The van der Waals surface area contributed by atoms with Gasteiger partial charge < -0.3 is 10.2 Å². The molecule has 1 amide bonds. The molecule has 0 radical (unpaired) electrons. The quantitative estimate of drug-likeness (QED) is 0.841. The molecule has 1 saturated heterocycles. The van der Waals surface area contributed by atoms with Gasteiger partial charge in [0.2, 0.25) is 0 Å². The summed E-state index contributed by atoms with van der Waals surface area (Å²) in [6.07, 6.45) is -1.20. The summed E-state index contributed by atoms with van der Waals surface area (Å²) >= 11 is 1.33. The molecule has 0 bridgehead atoms. The van der Waals surface area contributed by atoms with E-state index in [1.54, 1.807) is 12.1 Å². The summed E-state index contributed by atoms with van der Waals surface area (Å²) in [5.41, 5.74) is 0.809. The summed E-state index contributed by atoms with van der Waals surface area (Å²) < 4.78 is 0. The van der Waals surface area contributed by atoms with Crippen molar-refractivity contribution >= 4 is 23.8 Å². The molecule has 0 saturated carbocycles. The van der Waals surface area contributed by atoms with Crippen LogP contribution in [-0.2, 0) is 4.79 Å². The van der Waals surface area contributed by atoms with Crippen molar-refractivity contribution in [3.05, 3.63) is 35.9 Å². The Labute approximate surface area is 102 Å². The largest absolute Gasteiger partial charge is 0.480 e. The lowest BCUT2D eigenvalue weighted by molar-refractivity contribution is -0.141. The molecule has 1 heterocycles. The fourth-order valence-corrected chi connectivity index (χ4v) is 3.22. The highest BCUT2D eigenvalue weighted by atomic mass is 32.2. The number of carbonyl (C=O) groups is 2. The second kappa shape index (κ2) is 4.67. The van der Waals surface area contributed by atoms with Gasteiger partial charge in [0, 0.05) is 5.75 Å². The number of carboxylic acids is 1. The van der Waals surface area contributed by atoms with Gasteiger partial charge in [0.15, 0.2) is 0 Å². The van der Waals surface area contributed by atoms with Gasteiger partial charge in [-0.1, -0.05) is 30.3 Å². The topological polar surface area (TPSA) is 77.8 Å². The number of hydrogen-bond acceptors (Lipinski definition) is 3. The molecule has 1 aliphatic rings. The number of aliphatic carboxylic acids is 1. The van der Waals surface area contributed by atoms with Crippen molar-refractivity contribution in [2.45, 2.75) is 11.4 Å². The smallest absolute Gasteiger partial charge is 0.409 e. The van der Waals surface area contributed by atoms with Gasteiger partial charge in [-0.15, -0.1) is 11.8 Å². The highest BCUT2D eigenvalue weighted by molar-refractivity contribution is 7.99. The summed E-state index contributed by atoms with van der Waals surface area (Å²) in [6.45, 7) is 0. The van der Waals surface area contributed by atoms with E-state index in [4.69, 9.17) is 10.2 Å². The van der Waals surface area contributed by atoms with Crippen LogP contribution in [0.4, 0.5) is 4.79 Å². The van der Waals surface area contributed by atoms with Gasteiger partial charge in [0.25, 0.3) is 0 Å². The molecule has 90 valence electrons. The van der Waals surface area contributed by atoms with Crippen molar-refractivity contribution in [3.63, 3.8) is 0 Å². The molecule has 1 fully saturated rings. The van der Waals surface area contributed by atoms with E-state index >= 15 is 0 Å². The molecule has 0 spiro atoms. The Morgan fingerprint density at radius 3 is 2.41 bits per heavy atom. The maximum absolute atomic E-state index is 11.1. The SMILES string of the molecule is O=C(O)C1CS[C@H](c2ccccc2)N1C(=O)O. The molecule has 1 aromatic carbocycles. The van der Waals surface area contributed by atoms with Gasteiger partial charge in [0.1, 0.15) is 11.4 Å². The van der Waals surface area contributed by atoms with Crippen LogP contribution in [0.3, 0.4) is 0 Å². The van der Waals surface area contributed by atoms with Crippen LogP contribution in [0.25, 0.3) is 0 Å². The van der Waals surface area contributed by atoms with Crippen molar-refractivity contribution in [1.29, 1.82) is 0 Å². The number of amides is 1. The number of carboxylic acid groups (broad SMARTS) is 2. The second-order valence-corrected chi connectivity index (χ2v) is 4.75. The average Bonchev–Trinajstić information content (AvgIpc) is 2.74. The van der Waals surface area contributed by atoms with Gasteiger partial charge in [-0.25, -0.2) is 9.59 Å². The van der Waals surface area contributed by atoms with E-state index in [1.807, 2.05) is 18.2 Å². The fraction of sp³-hybridized carbons (Fsp3) is 0.273. The van der Waals surface area contributed by atoms with Crippen LogP contribution in [0, 0.1) is 0 Å². The lowest BCUT2D eigenvalue weighted by atomic mass is 10.2. The van der Waals surface area contributed by atoms with E-state index in [0.29, 0.717) is 0 Å². The lowest BCUT2D eigenvalue weighted by Gasteiger charge is -2.24. The maximum atomic E-state index is 11.1. The Bertz CT molecular complexity index is 436. The van der Waals surface area contributed by atoms with E-state index in [-0.39, 0.29) is 5.75 Å². The van der Waals surface area contributed by atoms with Crippen molar-refractivity contribution < 1.29 is 19.8 Å². The molecule has 1 aliphatic heterocycles. The third-order valence-electron chi connectivity index (χ3n) is 2.59. The third-order valence-corrected chi connectivity index (χ3v) is 3.91. The molecular weight excluding hydrogens is 242 g/mol. The van der Waals surface area contributed by atoms with Crippen LogP contribution in [0.15, 0.2) is 30.3 Å². The Balaban J connectivity index is 2.30. The molecule has 2 rings (SSSR count). The van der Waals surface area contributed by atoms with Crippen molar-refractivity contribution in [1.82, 2.24) is 4.90 Å². The molecule has 17 heavy (non-hydrogen) atoms. The summed E-state index contributed by atoms with van der Waals surface area (Å²) in [5.74, 6) is -0.820. The zero-order valence-electron chi connectivity index (χ0n) is 8.81. The lowest BCUT2D eigenvalue weighted by Crippen LogP contribution is -2.42. The predicted molar refractivity (Wildman–Crippen MR) is 62.9 cm³/mol. The fourth-order valence-electron chi connectivity index (χ4n) is 1.80. The number of rotatable bonds is 2. The molecule has 1 unspecified atom stereocenters. The first kappa shape index (κ1) is 11.8. The molecule has 2 atom stereocenters. The highest BCUT2D eigenvalue weighted by Crippen LogP contribution is 2.41. The van der Waals surface area contributed by atoms with Crippen molar-refractivity contribution in [2.24, 2.45) is 0 Å². The molecule has 0 aromatic heterocycles. The highest BCUT2D eigenvalue weighted by Gasteiger charge is 2.42. The van der Waals surface area contributed by atoms with Crippen LogP contribution in [0.5, 0.6) is 0 Å². The van der Waals surface area contributed by atoms with Gasteiger partial charge in [-0.05, 0) is 5.56 Å². The number of benzene rings is 1. The molecule has 0 aliphatic carbocycles. The monoisotopic (exact) mass is 253 g/mol. The molecule has 2 N–H and O–H groups in total. The van der Waals surface area contributed by atoms with E-state index in [2.05, 4.69) is 0 Å². The van der Waals surface area contributed by atoms with E-state index in [0.717, 1.165) is 10.5 Å². The first-order valence-electron chi connectivity index (χ1n) is 5.02. The summed E-state index contributed by atoms with van der Waals surface area (Å²) in [5, 5.41) is 17.7.